The van der Waals surface area contributed by atoms with Gasteiger partial charge in [-0.1, -0.05) is 17.7 Å². The maximum atomic E-state index is 13.0. The largest absolute Gasteiger partial charge is 0.323 e. The van der Waals surface area contributed by atoms with Crippen LogP contribution in [0.4, 0.5) is 4.39 Å². The minimum atomic E-state index is -0.441. The third-order valence-electron chi connectivity index (χ3n) is 1.87. The third-order valence-corrected chi connectivity index (χ3v) is 2.18. The molecule has 0 radical (unpaired) electrons. The van der Waals surface area contributed by atoms with Crippen LogP contribution in [0, 0.1) is 17.7 Å². The van der Waals surface area contributed by atoms with E-state index in [2.05, 4.69) is 11.8 Å². The Morgan fingerprint density at radius 2 is 2.29 bits per heavy atom. The summed E-state index contributed by atoms with van der Waals surface area (Å²) in [5, 5.41) is 0.113. The average Bonchev–Trinajstić information content (AvgIpc) is 2.18. The smallest absolute Gasteiger partial charge is 0.142 e. The van der Waals surface area contributed by atoms with Crippen LogP contribution in [0.25, 0.3) is 0 Å². The van der Waals surface area contributed by atoms with E-state index in [1.165, 1.54) is 12.1 Å². The van der Waals surface area contributed by atoms with Gasteiger partial charge in [-0.3, -0.25) is 0 Å². The van der Waals surface area contributed by atoms with Crippen LogP contribution in [0.1, 0.15) is 24.9 Å². The van der Waals surface area contributed by atoms with Crippen LogP contribution in [0.3, 0.4) is 0 Å². The summed E-state index contributed by atoms with van der Waals surface area (Å²) in [6.07, 6.45) is 0.525. The van der Waals surface area contributed by atoms with Crippen LogP contribution in [-0.2, 0) is 0 Å². The van der Waals surface area contributed by atoms with Crippen molar-refractivity contribution in [3.05, 3.63) is 34.6 Å². The first-order chi connectivity index (χ1) is 6.65. The van der Waals surface area contributed by atoms with Crippen molar-refractivity contribution in [3.63, 3.8) is 0 Å². The van der Waals surface area contributed by atoms with Gasteiger partial charge >= 0.3 is 0 Å². The third kappa shape index (κ3) is 2.73. The van der Waals surface area contributed by atoms with E-state index in [0.717, 1.165) is 5.56 Å². The van der Waals surface area contributed by atoms with Crippen molar-refractivity contribution in [2.24, 2.45) is 5.73 Å². The van der Waals surface area contributed by atoms with Crippen LogP contribution in [0.15, 0.2) is 18.2 Å². The van der Waals surface area contributed by atoms with Crippen LogP contribution in [-0.4, -0.2) is 0 Å². The Hall–Kier alpha value is -1.04. The van der Waals surface area contributed by atoms with Gasteiger partial charge in [0.15, 0.2) is 0 Å². The normalized spacial score (nSPS) is 11.7. The average molecular weight is 212 g/mol. The molecule has 74 valence electrons. The lowest BCUT2D eigenvalue weighted by atomic mass is 10.1. The molecule has 0 fully saturated rings. The zero-order valence-corrected chi connectivity index (χ0v) is 8.61. The highest BCUT2D eigenvalue weighted by molar-refractivity contribution is 6.30. The van der Waals surface area contributed by atoms with Crippen molar-refractivity contribution in [3.8, 4) is 11.8 Å². The summed E-state index contributed by atoms with van der Waals surface area (Å²) in [6, 6.07) is 4.32. The maximum absolute atomic E-state index is 13.0. The quantitative estimate of drug-likeness (QED) is 0.748. The van der Waals surface area contributed by atoms with Gasteiger partial charge in [-0.05, 0) is 24.6 Å². The van der Waals surface area contributed by atoms with Gasteiger partial charge < -0.3 is 5.73 Å². The van der Waals surface area contributed by atoms with Gasteiger partial charge in [0.2, 0.25) is 0 Å². The molecule has 2 N–H and O–H groups in total. The molecule has 0 aliphatic carbocycles. The van der Waals surface area contributed by atoms with E-state index < -0.39 is 5.82 Å². The molecule has 0 spiro atoms. The van der Waals surface area contributed by atoms with Crippen LogP contribution in [0.2, 0.25) is 5.02 Å². The van der Waals surface area contributed by atoms with Crippen LogP contribution < -0.4 is 5.73 Å². The lowest BCUT2D eigenvalue weighted by molar-refractivity contribution is 0.620. The molecule has 1 aromatic carbocycles. The topological polar surface area (TPSA) is 26.0 Å². The number of rotatable bonds is 2. The zero-order chi connectivity index (χ0) is 10.6. The molecule has 0 saturated heterocycles. The lowest BCUT2D eigenvalue weighted by Gasteiger charge is -2.08. The van der Waals surface area contributed by atoms with Gasteiger partial charge in [-0.2, -0.15) is 0 Å². The Morgan fingerprint density at radius 3 is 2.86 bits per heavy atom. The summed E-state index contributed by atoms with van der Waals surface area (Å²) < 4.78 is 13.0. The summed E-state index contributed by atoms with van der Waals surface area (Å²) in [7, 11) is 0. The second kappa shape index (κ2) is 4.99. The van der Waals surface area contributed by atoms with Gasteiger partial charge in [-0.25, -0.2) is 4.39 Å². The molecule has 1 unspecified atom stereocenters. The molecule has 0 aliphatic heterocycles. The monoisotopic (exact) mass is 211 g/mol. The fraction of sp³-hybridized carbons (Fsp3) is 0.273. The molecule has 14 heavy (non-hydrogen) atoms. The Balaban J connectivity index is 2.83. The molecule has 0 heterocycles. The highest BCUT2D eigenvalue weighted by Crippen LogP contribution is 2.20. The summed E-state index contributed by atoms with van der Waals surface area (Å²) in [4.78, 5) is 0. The molecule has 1 atom stereocenters. The van der Waals surface area contributed by atoms with Crippen molar-refractivity contribution in [2.45, 2.75) is 19.4 Å². The van der Waals surface area contributed by atoms with E-state index in [1.54, 1.807) is 13.0 Å². The first-order valence-electron chi connectivity index (χ1n) is 4.25. The van der Waals surface area contributed by atoms with Crippen LogP contribution >= 0.6 is 11.6 Å². The van der Waals surface area contributed by atoms with Crippen molar-refractivity contribution >= 4 is 11.6 Å². The number of hydrogen-bond acceptors (Lipinski definition) is 1. The summed E-state index contributed by atoms with van der Waals surface area (Å²) >= 11 is 5.55. The fourth-order valence-electron chi connectivity index (χ4n) is 1.07. The lowest BCUT2D eigenvalue weighted by Crippen LogP contribution is -2.09. The summed E-state index contributed by atoms with van der Waals surface area (Å²) in [6.45, 7) is 1.75. The minimum absolute atomic E-state index is 0.113. The van der Waals surface area contributed by atoms with Gasteiger partial charge in [0, 0.05) is 12.5 Å². The molecule has 0 bridgehead atoms. The highest BCUT2D eigenvalue weighted by atomic mass is 35.5. The number of halogens is 2. The highest BCUT2D eigenvalue weighted by Gasteiger charge is 2.07. The van der Waals surface area contributed by atoms with Gasteiger partial charge in [0.05, 0.1) is 5.02 Å². The Kier molecular flexibility index (Phi) is 3.94. The van der Waals surface area contributed by atoms with Crippen LogP contribution in [0.5, 0.6) is 0 Å². The molecular formula is C11H11ClFN. The van der Waals surface area contributed by atoms with E-state index in [9.17, 15) is 4.39 Å². The summed E-state index contributed by atoms with van der Waals surface area (Å²) in [5.41, 5.74) is 6.51. The van der Waals surface area contributed by atoms with Crippen molar-refractivity contribution in [1.29, 1.82) is 0 Å². The first-order valence-corrected chi connectivity index (χ1v) is 4.63. The Bertz CT molecular complexity index is 379. The summed E-state index contributed by atoms with van der Waals surface area (Å²) in [5.74, 6) is 5.15. The number of hydrogen-bond donors (Lipinski definition) is 1. The van der Waals surface area contributed by atoms with Gasteiger partial charge in [0.25, 0.3) is 0 Å². The molecular weight excluding hydrogens is 201 g/mol. The molecule has 3 heteroatoms. The molecule has 1 nitrogen and oxygen atoms in total. The molecule has 0 aliphatic rings. The molecule has 0 amide bonds. The minimum Gasteiger partial charge on any atom is -0.323 e. The molecule has 1 rings (SSSR count). The van der Waals surface area contributed by atoms with E-state index in [4.69, 9.17) is 17.3 Å². The zero-order valence-electron chi connectivity index (χ0n) is 7.85. The Labute approximate surface area is 88.1 Å². The second-order valence-electron chi connectivity index (χ2n) is 2.91. The van der Waals surface area contributed by atoms with E-state index in [-0.39, 0.29) is 11.1 Å². The fourth-order valence-corrected chi connectivity index (χ4v) is 1.19. The molecule has 0 saturated carbocycles. The maximum Gasteiger partial charge on any atom is 0.142 e. The SMILES string of the molecule is CC#CCC(N)c1ccc(Cl)c(F)c1. The van der Waals surface area contributed by atoms with Gasteiger partial charge in [0.1, 0.15) is 5.82 Å². The van der Waals surface area contributed by atoms with Crippen molar-refractivity contribution in [1.82, 2.24) is 0 Å². The van der Waals surface area contributed by atoms with E-state index in [1.807, 2.05) is 0 Å². The predicted octanol–water partition coefficient (Wildman–Crippen LogP) is 2.89. The molecule has 1 aromatic rings. The van der Waals surface area contributed by atoms with E-state index >= 15 is 0 Å². The van der Waals surface area contributed by atoms with Gasteiger partial charge in [-0.15, -0.1) is 11.8 Å². The predicted molar refractivity (Wildman–Crippen MR) is 56.4 cm³/mol. The first kappa shape index (κ1) is 11.0. The standard InChI is InChI=1S/C11H11ClFN/c1-2-3-4-11(14)8-5-6-9(12)10(13)7-8/h5-7,11H,4,14H2,1H3. The molecule has 0 aromatic heterocycles. The van der Waals surface area contributed by atoms with Crippen molar-refractivity contribution < 1.29 is 4.39 Å². The second-order valence-corrected chi connectivity index (χ2v) is 3.32. The number of benzene rings is 1. The van der Waals surface area contributed by atoms with Crippen molar-refractivity contribution in [2.75, 3.05) is 0 Å². The Morgan fingerprint density at radius 1 is 1.57 bits per heavy atom. The number of nitrogens with two attached hydrogens (primary N) is 1. The van der Waals surface area contributed by atoms with E-state index in [0.29, 0.717) is 6.42 Å².